The van der Waals surface area contributed by atoms with E-state index in [-0.39, 0.29) is 11.8 Å². The summed E-state index contributed by atoms with van der Waals surface area (Å²) < 4.78 is 5.42. The van der Waals surface area contributed by atoms with Gasteiger partial charge in [0, 0.05) is 44.5 Å². The van der Waals surface area contributed by atoms with Crippen molar-refractivity contribution in [3.63, 3.8) is 0 Å². The Morgan fingerprint density at radius 2 is 2.00 bits per heavy atom. The first-order valence-electron chi connectivity index (χ1n) is 10.0. The van der Waals surface area contributed by atoms with Crippen LogP contribution in [0, 0.1) is 0 Å². The van der Waals surface area contributed by atoms with Gasteiger partial charge >= 0.3 is 0 Å². The lowest BCUT2D eigenvalue weighted by molar-refractivity contribution is -0.127. The highest BCUT2D eigenvalue weighted by Gasteiger charge is 2.20. The molecule has 28 heavy (non-hydrogen) atoms. The molecular weight excluding hydrogens is 356 g/mol. The highest BCUT2D eigenvalue weighted by Crippen LogP contribution is 2.23. The van der Waals surface area contributed by atoms with Gasteiger partial charge < -0.3 is 19.9 Å². The normalized spacial score (nSPS) is 17.4. The number of rotatable bonds is 6. The molecule has 2 saturated heterocycles. The summed E-state index contributed by atoms with van der Waals surface area (Å²) in [5.74, 6) is 0.942. The van der Waals surface area contributed by atoms with Crippen molar-refractivity contribution in [2.75, 3.05) is 50.8 Å². The fourth-order valence-corrected chi connectivity index (χ4v) is 3.81. The number of hydrogen-bond acceptors (Lipinski definition) is 5. The smallest absolute Gasteiger partial charge is 0.252 e. The van der Waals surface area contributed by atoms with Crippen molar-refractivity contribution >= 4 is 28.5 Å². The van der Waals surface area contributed by atoms with Gasteiger partial charge in [0.2, 0.25) is 5.91 Å². The van der Waals surface area contributed by atoms with Gasteiger partial charge in [-0.2, -0.15) is 0 Å². The Bertz CT molecular complexity index is 864. The number of benzene rings is 1. The van der Waals surface area contributed by atoms with Crippen LogP contribution in [-0.4, -0.2) is 67.6 Å². The van der Waals surface area contributed by atoms with Gasteiger partial charge in [-0.05, 0) is 25.0 Å². The average Bonchev–Trinajstić information content (AvgIpc) is 3.15. The highest BCUT2D eigenvalue weighted by atomic mass is 16.5. The lowest BCUT2D eigenvalue weighted by Crippen LogP contribution is -2.37. The summed E-state index contributed by atoms with van der Waals surface area (Å²) >= 11 is 0. The Kier molecular flexibility index (Phi) is 5.71. The number of nitrogens with one attached hydrogen (secondary N) is 1. The van der Waals surface area contributed by atoms with E-state index < -0.39 is 0 Å². The molecule has 0 atom stereocenters. The molecule has 7 nitrogen and oxygen atoms in total. The van der Waals surface area contributed by atoms with E-state index in [1.165, 1.54) is 0 Å². The van der Waals surface area contributed by atoms with Crippen molar-refractivity contribution in [3.8, 4) is 0 Å². The van der Waals surface area contributed by atoms with Gasteiger partial charge in [0.15, 0.2) is 0 Å². The first kappa shape index (κ1) is 18.7. The number of fused-ring (bicyclic) bond motifs is 1. The molecule has 1 aromatic heterocycles. The number of carbonyl (C=O) groups is 2. The molecule has 0 radical (unpaired) electrons. The molecule has 2 aliphatic rings. The van der Waals surface area contributed by atoms with E-state index in [1.54, 1.807) is 0 Å². The van der Waals surface area contributed by atoms with Crippen LogP contribution in [0.3, 0.4) is 0 Å². The largest absolute Gasteiger partial charge is 0.378 e. The van der Waals surface area contributed by atoms with Crippen LogP contribution >= 0.6 is 0 Å². The lowest BCUT2D eigenvalue weighted by atomic mass is 10.1. The number of morpholine rings is 1. The minimum absolute atomic E-state index is 0.0964. The fraction of sp³-hybridized carbons (Fsp3) is 0.476. The molecule has 1 aromatic carbocycles. The Labute approximate surface area is 164 Å². The first-order chi connectivity index (χ1) is 13.7. The van der Waals surface area contributed by atoms with Crippen LogP contribution in [0.4, 0.5) is 5.82 Å². The van der Waals surface area contributed by atoms with Gasteiger partial charge in [-0.25, -0.2) is 4.98 Å². The Hall–Kier alpha value is -2.67. The van der Waals surface area contributed by atoms with E-state index in [1.807, 2.05) is 35.2 Å². The van der Waals surface area contributed by atoms with E-state index in [9.17, 15) is 9.59 Å². The monoisotopic (exact) mass is 382 g/mol. The summed E-state index contributed by atoms with van der Waals surface area (Å²) in [6.45, 7) is 4.98. The summed E-state index contributed by atoms with van der Waals surface area (Å²) in [4.78, 5) is 33.4. The Balaban J connectivity index is 1.46. The van der Waals surface area contributed by atoms with Gasteiger partial charge in [-0.1, -0.05) is 18.2 Å². The molecule has 0 bridgehead atoms. The van der Waals surface area contributed by atoms with Crippen molar-refractivity contribution in [2.24, 2.45) is 0 Å². The zero-order valence-electron chi connectivity index (χ0n) is 16.0. The zero-order chi connectivity index (χ0) is 19.3. The molecule has 0 unspecified atom stereocenters. The van der Waals surface area contributed by atoms with Crippen LogP contribution in [0.5, 0.6) is 0 Å². The van der Waals surface area contributed by atoms with Crippen LogP contribution in [0.1, 0.15) is 29.6 Å². The second-order valence-corrected chi connectivity index (χ2v) is 7.24. The SMILES string of the molecule is O=C(NCCCN1CCCC1=O)c1cc(N2CCOCC2)nc2ccccc12. The third kappa shape index (κ3) is 4.09. The minimum Gasteiger partial charge on any atom is -0.378 e. The number of pyridine rings is 1. The molecule has 2 fully saturated rings. The predicted molar refractivity (Wildman–Crippen MR) is 108 cm³/mol. The molecule has 1 N–H and O–H groups in total. The molecule has 2 aromatic rings. The average molecular weight is 382 g/mol. The van der Waals surface area contributed by atoms with Crippen LogP contribution < -0.4 is 10.2 Å². The minimum atomic E-state index is -0.0964. The Morgan fingerprint density at radius 3 is 2.79 bits per heavy atom. The van der Waals surface area contributed by atoms with E-state index >= 15 is 0 Å². The van der Waals surface area contributed by atoms with Gasteiger partial charge in [0.05, 0.1) is 24.3 Å². The van der Waals surface area contributed by atoms with E-state index in [4.69, 9.17) is 9.72 Å². The molecular formula is C21H26N4O3. The predicted octanol–water partition coefficient (Wildman–Crippen LogP) is 1.81. The summed E-state index contributed by atoms with van der Waals surface area (Å²) in [7, 11) is 0. The first-order valence-corrected chi connectivity index (χ1v) is 10.0. The number of para-hydroxylation sites is 1. The van der Waals surface area contributed by atoms with E-state index in [0.29, 0.717) is 38.3 Å². The van der Waals surface area contributed by atoms with E-state index in [0.717, 1.165) is 49.2 Å². The zero-order valence-corrected chi connectivity index (χ0v) is 16.0. The summed E-state index contributed by atoms with van der Waals surface area (Å²) in [5.41, 5.74) is 1.46. The van der Waals surface area contributed by atoms with Gasteiger partial charge in [-0.15, -0.1) is 0 Å². The molecule has 4 rings (SSSR count). The number of hydrogen-bond donors (Lipinski definition) is 1. The molecule has 3 heterocycles. The van der Waals surface area contributed by atoms with Crippen LogP contribution in [0.15, 0.2) is 30.3 Å². The molecule has 2 aliphatic heterocycles. The van der Waals surface area contributed by atoms with Gasteiger partial charge in [-0.3, -0.25) is 9.59 Å². The van der Waals surface area contributed by atoms with Crippen LogP contribution in [0.2, 0.25) is 0 Å². The van der Waals surface area contributed by atoms with Crippen molar-refractivity contribution in [1.82, 2.24) is 15.2 Å². The topological polar surface area (TPSA) is 74.8 Å². The molecule has 0 aliphatic carbocycles. The lowest BCUT2D eigenvalue weighted by Gasteiger charge is -2.28. The number of likely N-dealkylation sites (tertiary alicyclic amines) is 1. The number of carbonyl (C=O) groups excluding carboxylic acids is 2. The number of aromatic nitrogens is 1. The number of anilines is 1. The second kappa shape index (κ2) is 8.56. The van der Waals surface area contributed by atoms with E-state index in [2.05, 4.69) is 10.2 Å². The number of ether oxygens (including phenoxy) is 1. The maximum absolute atomic E-state index is 12.9. The van der Waals surface area contributed by atoms with Crippen molar-refractivity contribution in [1.29, 1.82) is 0 Å². The molecule has 2 amide bonds. The Morgan fingerprint density at radius 1 is 1.18 bits per heavy atom. The fourth-order valence-electron chi connectivity index (χ4n) is 3.81. The summed E-state index contributed by atoms with van der Waals surface area (Å²) in [6, 6.07) is 9.62. The quantitative estimate of drug-likeness (QED) is 0.772. The van der Waals surface area contributed by atoms with Crippen LogP contribution in [0.25, 0.3) is 10.9 Å². The molecule has 0 saturated carbocycles. The third-order valence-electron chi connectivity index (χ3n) is 5.34. The standard InChI is InChI=1S/C21H26N4O3/c26-20-7-3-9-25(20)10-4-8-22-21(27)17-15-19(24-11-13-28-14-12-24)23-18-6-2-1-5-16(17)18/h1-2,5-6,15H,3-4,7-14H2,(H,22,27). The van der Waals surface area contributed by atoms with Crippen molar-refractivity contribution < 1.29 is 14.3 Å². The van der Waals surface area contributed by atoms with Crippen LogP contribution in [-0.2, 0) is 9.53 Å². The number of amides is 2. The van der Waals surface area contributed by atoms with Gasteiger partial charge in [0.25, 0.3) is 5.91 Å². The highest BCUT2D eigenvalue weighted by molar-refractivity contribution is 6.07. The van der Waals surface area contributed by atoms with Crippen molar-refractivity contribution in [2.45, 2.75) is 19.3 Å². The molecule has 0 spiro atoms. The van der Waals surface area contributed by atoms with Gasteiger partial charge in [0.1, 0.15) is 5.82 Å². The summed E-state index contributed by atoms with van der Waals surface area (Å²) in [6.07, 6.45) is 2.36. The molecule has 148 valence electrons. The second-order valence-electron chi connectivity index (χ2n) is 7.24. The maximum Gasteiger partial charge on any atom is 0.252 e. The summed E-state index contributed by atoms with van der Waals surface area (Å²) in [5, 5.41) is 3.87. The maximum atomic E-state index is 12.9. The third-order valence-corrected chi connectivity index (χ3v) is 5.34. The van der Waals surface area contributed by atoms with Crippen molar-refractivity contribution in [3.05, 3.63) is 35.9 Å². The number of nitrogens with zero attached hydrogens (tertiary/aromatic N) is 3. The molecule has 7 heteroatoms.